The lowest BCUT2D eigenvalue weighted by Gasteiger charge is -2.21. The highest BCUT2D eigenvalue weighted by Crippen LogP contribution is 2.32. The van der Waals surface area contributed by atoms with Crippen LogP contribution in [0.4, 0.5) is 0 Å². The quantitative estimate of drug-likeness (QED) is 0.850. The van der Waals surface area contributed by atoms with E-state index in [1.54, 1.807) is 13.8 Å². The van der Waals surface area contributed by atoms with Gasteiger partial charge in [-0.15, -0.1) is 0 Å². The van der Waals surface area contributed by atoms with Crippen molar-refractivity contribution in [2.75, 3.05) is 13.1 Å². The summed E-state index contributed by atoms with van der Waals surface area (Å²) >= 11 is 0. The maximum atomic E-state index is 11.8. The van der Waals surface area contributed by atoms with E-state index in [4.69, 9.17) is 0 Å². The van der Waals surface area contributed by atoms with Crippen molar-refractivity contribution < 1.29 is 9.59 Å². The Balaban J connectivity index is 2.12. The molecule has 2 aromatic rings. The van der Waals surface area contributed by atoms with Gasteiger partial charge in [0, 0.05) is 11.1 Å². The minimum Gasteiger partial charge on any atom is -0.316 e. The molecule has 3 rings (SSSR count). The summed E-state index contributed by atoms with van der Waals surface area (Å²) in [4.78, 5) is 23.3. The molecule has 0 saturated carbocycles. The van der Waals surface area contributed by atoms with E-state index < -0.39 is 0 Å². The first kappa shape index (κ1) is 17.3. The van der Waals surface area contributed by atoms with Gasteiger partial charge in [-0.3, -0.25) is 9.59 Å². The summed E-state index contributed by atoms with van der Waals surface area (Å²) in [5, 5.41) is 3.39. The van der Waals surface area contributed by atoms with Crippen LogP contribution in [-0.2, 0) is 0 Å². The van der Waals surface area contributed by atoms with Crippen molar-refractivity contribution in [1.29, 1.82) is 0 Å². The minimum absolute atomic E-state index is 0.0706. The second-order valence-electron chi connectivity index (χ2n) is 6.50. The molecule has 0 spiro atoms. The third kappa shape index (κ3) is 3.94. The number of rotatable bonds is 4. The summed E-state index contributed by atoms with van der Waals surface area (Å²) in [7, 11) is 0. The van der Waals surface area contributed by atoms with Crippen LogP contribution >= 0.6 is 0 Å². The summed E-state index contributed by atoms with van der Waals surface area (Å²) in [6.07, 6.45) is 1.99. The van der Waals surface area contributed by atoms with Gasteiger partial charge in [0.1, 0.15) is 0 Å². The van der Waals surface area contributed by atoms with E-state index in [-0.39, 0.29) is 11.6 Å². The number of carbonyl (C=O) groups excluding carboxylic acids is 2. The molecule has 1 N–H and O–H groups in total. The highest BCUT2D eigenvalue weighted by Gasteiger charge is 2.16. The number of benzene rings is 2. The van der Waals surface area contributed by atoms with Gasteiger partial charge in [0.15, 0.2) is 11.6 Å². The third-order valence-corrected chi connectivity index (χ3v) is 4.70. The second kappa shape index (κ2) is 7.58. The van der Waals surface area contributed by atoms with Gasteiger partial charge in [-0.05, 0) is 62.5 Å². The van der Waals surface area contributed by atoms with Crippen LogP contribution in [0.25, 0.3) is 5.57 Å². The van der Waals surface area contributed by atoms with Gasteiger partial charge in [-0.1, -0.05) is 48.0 Å². The Bertz CT molecular complexity index is 823. The van der Waals surface area contributed by atoms with Gasteiger partial charge < -0.3 is 5.32 Å². The van der Waals surface area contributed by atoms with E-state index in [0.29, 0.717) is 0 Å². The van der Waals surface area contributed by atoms with Gasteiger partial charge in [-0.25, -0.2) is 0 Å². The largest absolute Gasteiger partial charge is 0.316 e. The standard InChI is InChI=1S/C22H23NO2/c1-15(24)17-6-8-18(9-7-17)22(19-10-12-23-13-11-19)21-5-3-4-20(14-21)16(2)25/h3-9,14,23H,10-13H2,1-2H3. The zero-order valence-electron chi connectivity index (χ0n) is 14.8. The van der Waals surface area contributed by atoms with E-state index >= 15 is 0 Å². The van der Waals surface area contributed by atoms with Gasteiger partial charge in [0.2, 0.25) is 0 Å². The van der Waals surface area contributed by atoms with Crippen LogP contribution in [0.5, 0.6) is 0 Å². The van der Waals surface area contributed by atoms with Crippen LogP contribution in [0, 0.1) is 0 Å². The number of hydrogen-bond acceptors (Lipinski definition) is 3. The maximum absolute atomic E-state index is 11.8. The van der Waals surface area contributed by atoms with E-state index in [1.807, 2.05) is 42.5 Å². The average molecular weight is 333 g/mol. The average Bonchev–Trinajstić information content (AvgIpc) is 2.63. The van der Waals surface area contributed by atoms with Crippen LogP contribution in [0.15, 0.2) is 54.1 Å². The van der Waals surface area contributed by atoms with Crippen LogP contribution in [0.3, 0.4) is 0 Å². The van der Waals surface area contributed by atoms with Crippen LogP contribution in [-0.4, -0.2) is 24.7 Å². The van der Waals surface area contributed by atoms with Crippen molar-refractivity contribution in [2.45, 2.75) is 26.7 Å². The lowest BCUT2D eigenvalue weighted by atomic mass is 9.87. The minimum atomic E-state index is 0.0706. The Labute approximate surface area is 148 Å². The number of nitrogens with one attached hydrogen (secondary N) is 1. The van der Waals surface area contributed by atoms with Crippen molar-refractivity contribution in [1.82, 2.24) is 5.32 Å². The van der Waals surface area contributed by atoms with E-state index in [1.165, 1.54) is 11.1 Å². The fraction of sp³-hybridized carbons (Fsp3) is 0.273. The van der Waals surface area contributed by atoms with Crippen LogP contribution < -0.4 is 5.32 Å². The zero-order valence-corrected chi connectivity index (χ0v) is 14.8. The fourth-order valence-electron chi connectivity index (χ4n) is 3.32. The fourth-order valence-corrected chi connectivity index (χ4v) is 3.32. The van der Waals surface area contributed by atoms with E-state index in [0.717, 1.165) is 48.2 Å². The molecule has 25 heavy (non-hydrogen) atoms. The smallest absolute Gasteiger partial charge is 0.159 e. The lowest BCUT2D eigenvalue weighted by Crippen LogP contribution is -2.23. The predicted molar refractivity (Wildman–Crippen MR) is 101 cm³/mol. The highest BCUT2D eigenvalue weighted by atomic mass is 16.1. The topological polar surface area (TPSA) is 46.2 Å². The zero-order chi connectivity index (χ0) is 17.8. The maximum Gasteiger partial charge on any atom is 0.159 e. The van der Waals surface area contributed by atoms with Crippen LogP contribution in [0.1, 0.15) is 58.5 Å². The number of hydrogen-bond donors (Lipinski definition) is 1. The molecule has 0 radical (unpaired) electrons. The van der Waals surface area contributed by atoms with E-state index in [2.05, 4.69) is 11.4 Å². The molecule has 0 atom stereocenters. The molecular weight excluding hydrogens is 310 g/mol. The number of Topliss-reactive ketones (excluding diaryl/α,β-unsaturated/α-hetero) is 2. The van der Waals surface area contributed by atoms with Crippen molar-refractivity contribution in [3.63, 3.8) is 0 Å². The molecule has 3 heteroatoms. The number of piperidine rings is 1. The molecule has 1 heterocycles. The lowest BCUT2D eigenvalue weighted by molar-refractivity contribution is 0.100. The molecule has 1 fully saturated rings. The van der Waals surface area contributed by atoms with Crippen molar-refractivity contribution >= 4 is 17.1 Å². The monoisotopic (exact) mass is 333 g/mol. The Morgan fingerprint density at radius 1 is 0.760 bits per heavy atom. The van der Waals surface area contributed by atoms with Gasteiger partial charge in [0.05, 0.1) is 0 Å². The normalized spacial score (nSPS) is 14.2. The Morgan fingerprint density at radius 3 is 1.92 bits per heavy atom. The first-order valence-electron chi connectivity index (χ1n) is 8.72. The summed E-state index contributed by atoms with van der Waals surface area (Å²) < 4.78 is 0. The molecule has 0 aliphatic carbocycles. The third-order valence-electron chi connectivity index (χ3n) is 4.70. The number of carbonyl (C=O) groups is 2. The molecule has 0 unspecified atom stereocenters. The summed E-state index contributed by atoms with van der Waals surface area (Å²) in [6.45, 7) is 5.11. The van der Waals surface area contributed by atoms with Crippen molar-refractivity contribution in [3.05, 3.63) is 76.4 Å². The van der Waals surface area contributed by atoms with Gasteiger partial charge in [-0.2, -0.15) is 0 Å². The molecule has 0 bridgehead atoms. The summed E-state index contributed by atoms with van der Waals surface area (Å²) in [6, 6.07) is 15.6. The molecule has 3 nitrogen and oxygen atoms in total. The van der Waals surface area contributed by atoms with Gasteiger partial charge in [0.25, 0.3) is 0 Å². The van der Waals surface area contributed by atoms with E-state index in [9.17, 15) is 9.59 Å². The predicted octanol–water partition coefficient (Wildman–Crippen LogP) is 4.28. The first-order valence-corrected chi connectivity index (χ1v) is 8.72. The Hall–Kier alpha value is -2.52. The molecule has 0 amide bonds. The first-order chi connectivity index (χ1) is 12.1. The molecular formula is C22H23NO2. The van der Waals surface area contributed by atoms with Crippen molar-refractivity contribution in [3.8, 4) is 0 Å². The summed E-state index contributed by atoms with van der Waals surface area (Å²) in [5.41, 5.74) is 6.21. The molecule has 0 aromatic heterocycles. The molecule has 1 aliphatic rings. The number of ketones is 2. The van der Waals surface area contributed by atoms with Crippen molar-refractivity contribution in [2.24, 2.45) is 0 Å². The molecule has 128 valence electrons. The summed E-state index contributed by atoms with van der Waals surface area (Å²) in [5.74, 6) is 0.143. The molecule has 1 aliphatic heterocycles. The highest BCUT2D eigenvalue weighted by molar-refractivity contribution is 5.96. The second-order valence-corrected chi connectivity index (χ2v) is 6.50. The molecule has 2 aromatic carbocycles. The molecule has 1 saturated heterocycles. The van der Waals surface area contributed by atoms with Crippen LogP contribution in [0.2, 0.25) is 0 Å². The Morgan fingerprint density at radius 2 is 1.32 bits per heavy atom. The van der Waals surface area contributed by atoms with Gasteiger partial charge >= 0.3 is 0 Å². The SMILES string of the molecule is CC(=O)c1ccc(C(=C2CCNCC2)c2cccc(C(C)=O)c2)cc1. The Kier molecular flexibility index (Phi) is 5.25.